The molecule has 0 aromatic carbocycles. The van der Waals surface area contributed by atoms with Gasteiger partial charge in [-0.15, -0.1) is 0 Å². The van der Waals surface area contributed by atoms with Gasteiger partial charge in [0.05, 0.1) is 0 Å². The Morgan fingerprint density at radius 1 is 0.569 bits per heavy atom. The summed E-state index contributed by atoms with van der Waals surface area (Å²) in [7, 11) is 4.02. The van der Waals surface area contributed by atoms with Crippen molar-refractivity contribution in [3.63, 3.8) is 0 Å². The van der Waals surface area contributed by atoms with Gasteiger partial charge in [-0.05, 0) is 71.9 Å². The molecule has 0 bridgehead atoms. The summed E-state index contributed by atoms with van der Waals surface area (Å²) >= 11 is 1.35. The van der Waals surface area contributed by atoms with Crippen molar-refractivity contribution < 1.29 is 23.9 Å². The smallest absolute Gasteiger partial charge is 0.306 e. The topological polar surface area (TPSA) is 76.1 Å². The van der Waals surface area contributed by atoms with Crippen molar-refractivity contribution in [2.45, 2.75) is 200 Å². The van der Waals surface area contributed by atoms with Gasteiger partial charge in [0, 0.05) is 38.2 Å². The van der Waals surface area contributed by atoms with Crippen LogP contribution in [-0.4, -0.2) is 79.2 Å². The molecule has 8 heteroatoms. The average molecular weight is 739 g/mol. The third kappa shape index (κ3) is 35.3. The minimum Gasteiger partial charge on any atom is -0.462 e. The van der Waals surface area contributed by atoms with E-state index in [2.05, 4.69) is 31.7 Å². The predicted octanol–water partition coefficient (Wildman–Crippen LogP) is 12.3. The van der Waals surface area contributed by atoms with Crippen molar-refractivity contribution in [3.05, 3.63) is 12.2 Å². The van der Waals surface area contributed by atoms with Gasteiger partial charge in [0.1, 0.15) is 12.7 Å². The third-order valence-electron chi connectivity index (χ3n) is 9.43. The van der Waals surface area contributed by atoms with Crippen LogP contribution >= 0.6 is 11.8 Å². The molecule has 7 nitrogen and oxygen atoms in total. The summed E-state index contributed by atoms with van der Waals surface area (Å²) in [5.74, 6) is 0.457. The highest BCUT2D eigenvalue weighted by Crippen LogP contribution is 2.19. The van der Waals surface area contributed by atoms with E-state index in [1.165, 1.54) is 114 Å². The molecule has 0 N–H and O–H groups in total. The van der Waals surface area contributed by atoms with E-state index in [4.69, 9.17) is 9.47 Å². The van der Waals surface area contributed by atoms with Crippen molar-refractivity contribution in [1.29, 1.82) is 0 Å². The lowest BCUT2D eigenvalue weighted by atomic mass is 10.0. The number of rotatable bonds is 37. The Labute approximate surface area is 320 Å². The van der Waals surface area contributed by atoms with Crippen molar-refractivity contribution in [1.82, 2.24) is 9.80 Å². The minimum atomic E-state index is -0.156. The van der Waals surface area contributed by atoms with Crippen LogP contribution in [0.5, 0.6) is 0 Å². The monoisotopic (exact) mass is 739 g/mol. The summed E-state index contributed by atoms with van der Waals surface area (Å²) in [5, 5.41) is 0.0707. The Kier molecular flexibility index (Phi) is 37.0. The van der Waals surface area contributed by atoms with Gasteiger partial charge in [0.25, 0.3) is 5.24 Å². The molecule has 51 heavy (non-hydrogen) atoms. The largest absolute Gasteiger partial charge is 0.462 e. The number of unbranched alkanes of at least 4 members (excludes halogenated alkanes) is 18. The molecule has 0 unspecified atom stereocenters. The SMILES string of the molecule is CCCCCCCC/C=C\COC(=O)CCCCCN(CCCC(=O)OC(CCCCCCCC)CCCCCCCC)C(=O)SCCN(C)C. The van der Waals surface area contributed by atoms with E-state index in [1.54, 1.807) is 0 Å². The van der Waals surface area contributed by atoms with E-state index >= 15 is 0 Å². The van der Waals surface area contributed by atoms with Crippen LogP contribution < -0.4 is 0 Å². The van der Waals surface area contributed by atoms with Gasteiger partial charge in [-0.1, -0.05) is 147 Å². The van der Waals surface area contributed by atoms with Gasteiger partial charge in [-0.25, -0.2) is 0 Å². The number of carbonyl (C=O) groups is 3. The highest BCUT2D eigenvalue weighted by molar-refractivity contribution is 8.13. The molecule has 0 atom stereocenters. The van der Waals surface area contributed by atoms with Gasteiger partial charge in [-0.3, -0.25) is 14.4 Å². The molecular weight excluding hydrogens is 657 g/mol. The first-order valence-electron chi connectivity index (χ1n) is 21.4. The second kappa shape index (κ2) is 38.2. The number of nitrogens with zero attached hydrogens (tertiary/aromatic N) is 2. The average Bonchev–Trinajstić information content (AvgIpc) is 3.10. The Hall–Kier alpha value is -1.54. The minimum absolute atomic E-state index is 0.0157. The summed E-state index contributed by atoms with van der Waals surface area (Å²) in [4.78, 5) is 42.2. The Morgan fingerprint density at radius 2 is 1.08 bits per heavy atom. The van der Waals surface area contributed by atoms with Crippen LogP contribution in [0.4, 0.5) is 4.79 Å². The van der Waals surface area contributed by atoms with E-state index in [0.717, 1.165) is 63.7 Å². The molecule has 0 aliphatic carbocycles. The fourth-order valence-corrected chi connectivity index (χ4v) is 7.11. The maximum Gasteiger partial charge on any atom is 0.306 e. The number of carbonyl (C=O) groups excluding carboxylic acids is 3. The molecule has 0 rings (SSSR count). The Balaban J connectivity index is 4.62. The third-order valence-corrected chi connectivity index (χ3v) is 10.3. The first kappa shape index (κ1) is 49.5. The number of thioether (sulfide) groups is 1. The van der Waals surface area contributed by atoms with Gasteiger partial charge >= 0.3 is 11.9 Å². The summed E-state index contributed by atoms with van der Waals surface area (Å²) in [6.45, 7) is 9.10. The summed E-state index contributed by atoms with van der Waals surface area (Å²) in [6.07, 6.45) is 33.5. The molecule has 0 aliphatic rings. The second-order valence-electron chi connectivity index (χ2n) is 14.8. The summed E-state index contributed by atoms with van der Waals surface area (Å²) in [6, 6.07) is 0. The van der Waals surface area contributed by atoms with Gasteiger partial charge in [0.15, 0.2) is 0 Å². The quantitative estimate of drug-likeness (QED) is 0.0357. The highest BCUT2D eigenvalue weighted by Gasteiger charge is 2.18. The molecule has 0 aromatic heterocycles. The Morgan fingerprint density at radius 3 is 1.67 bits per heavy atom. The lowest BCUT2D eigenvalue weighted by Gasteiger charge is -2.23. The number of allylic oxidation sites excluding steroid dienone is 1. The van der Waals surface area contributed by atoms with Crippen LogP contribution in [0.15, 0.2) is 12.2 Å². The number of ether oxygens (including phenoxy) is 2. The van der Waals surface area contributed by atoms with Crippen LogP contribution in [0, 0.1) is 0 Å². The lowest BCUT2D eigenvalue weighted by Crippen LogP contribution is -2.31. The molecule has 0 saturated heterocycles. The van der Waals surface area contributed by atoms with Crippen molar-refractivity contribution in [3.8, 4) is 0 Å². The zero-order valence-electron chi connectivity index (χ0n) is 34.2. The Bertz CT molecular complexity index is 821. The number of amides is 1. The maximum atomic E-state index is 13.1. The van der Waals surface area contributed by atoms with Gasteiger partial charge in [-0.2, -0.15) is 0 Å². The molecule has 0 fully saturated rings. The molecule has 0 saturated carbocycles. The lowest BCUT2D eigenvalue weighted by molar-refractivity contribution is -0.150. The van der Waals surface area contributed by atoms with Crippen molar-refractivity contribution in [2.24, 2.45) is 0 Å². The number of esters is 2. The molecular formula is C43H82N2O5S. The van der Waals surface area contributed by atoms with E-state index in [9.17, 15) is 14.4 Å². The number of hydrogen-bond donors (Lipinski definition) is 0. The van der Waals surface area contributed by atoms with Gasteiger partial charge < -0.3 is 19.3 Å². The fourth-order valence-electron chi connectivity index (χ4n) is 6.12. The van der Waals surface area contributed by atoms with E-state index in [-0.39, 0.29) is 23.3 Å². The normalized spacial score (nSPS) is 11.6. The molecule has 0 heterocycles. The molecule has 300 valence electrons. The van der Waals surface area contributed by atoms with Crippen molar-refractivity contribution in [2.75, 3.05) is 46.1 Å². The van der Waals surface area contributed by atoms with E-state index in [1.807, 2.05) is 25.1 Å². The standard InChI is InChI=1S/C43H82N2O5S/c1-6-9-12-15-18-19-20-23-29-38-49-41(46)33-27-24-28-35-45(43(48)51-39-37-44(4)5)36-30-34-42(47)50-40(31-25-21-16-13-10-7-2)32-26-22-17-14-11-8-3/h23,29,40H,6-22,24-28,30-39H2,1-5H3/b29-23-. The van der Waals surface area contributed by atoms with E-state index in [0.29, 0.717) is 39.0 Å². The highest BCUT2D eigenvalue weighted by atomic mass is 32.2. The molecule has 0 aromatic rings. The first-order chi connectivity index (χ1) is 24.8. The molecule has 0 radical (unpaired) electrons. The zero-order valence-corrected chi connectivity index (χ0v) is 35.0. The van der Waals surface area contributed by atoms with Crippen LogP contribution in [0.2, 0.25) is 0 Å². The van der Waals surface area contributed by atoms with Crippen LogP contribution in [0.1, 0.15) is 194 Å². The summed E-state index contributed by atoms with van der Waals surface area (Å²) in [5.41, 5.74) is 0. The van der Waals surface area contributed by atoms with Crippen molar-refractivity contribution >= 4 is 28.9 Å². The van der Waals surface area contributed by atoms with E-state index < -0.39 is 0 Å². The van der Waals surface area contributed by atoms with Gasteiger partial charge in [0.2, 0.25) is 0 Å². The first-order valence-corrected chi connectivity index (χ1v) is 22.4. The maximum absolute atomic E-state index is 13.1. The van der Waals surface area contributed by atoms with Crippen LogP contribution in [-0.2, 0) is 19.1 Å². The molecule has 0 aliphatic heterocycles. The zero-order chi connectivity index (χ0) is 37.6. The fraction of sp³-hybridized carbons (Fsp3) is 0.884. The van der Waals surface area contributed by atoms with Crippen LogP contribution in [0.25, 0.3) is 0 Å². The van der Waals surface area contributed by atoms with Crippen LogP contribution in [0.3, 0.4) is 0 Å². The second-order valence-corrected chi connectivity index (χ2v) is 15.8. The summed E-state index contributed by atoms with van der Waals surface area (Å²) < 4.78 is 11.4. The number of hydrogen-bond acceptors (Lipinski definition) is 7. The molecule has 0 spiro atoms. The predicted molar refractivity (Wildman–Crippen MR) is 220 cm³/mol. The molecule has 1 amide bonds.